The van der Waals surface area contributed by atoms with Gasteiger partial charge in [-0.2, -0.15) is 0 Å². The molecule has 1 saturated heterocycles. The number of ether oxygens (including phenoxy) is 1. The number of aryl methyl sites for hydroxylation is 1. The van der Waals surface area contributed by atoms with Crippen molar-refractivity contribution in [1.29, 1.82) is 0 Å². The Hall–Kier alpha value is -2.92. The summed E-state index contributed by atoms with van der Waals surface area (Å²) < 4.78 is 21.3. The Morgan fingerprint density at radius 3 is 2.86 bits per heavy atom. The second-order valence-electron chi connectivity index (χ2n) is 6.73. The van der Waals surface area contributed by atoms with E-state index in [1.165, 1.54) is 22.1 Å². The zero-order valence-electron chi connectivity index (χ0n) is 15.9. The van der Waals surface area contributed by atoms with Crippen LogP contribution in [0, 0.1) is 12.7 Å². The molecule has 0 spiro atoms. The maximum absolute atomic E-state index is 14.9. The zero-order chi connectivity index (χ0) is 20.7. The molecule has 1 fully saturated rings. The normalized spacial score (nSPS) is 16.6. The molecule has 0 saturated carbocycles. The number of hydrogen-bond acceptors (Lipinski definition) is 9. The highest BCUT2D eigenvalue weighted by Crippen LogP contribution is 2.26. The summed E-state index contributed by atoms with van der Waals surface area (Å²) in [4.78, 5) is 31.4. The average molecular weight is 418 g/mol. The van der Waals surface area contributed by atoms with E-state index in [9.17, 15) is 14.0 Å². The average Bonchev–Trinajstić information content (AvgIpc) is 3.30. The fourth-order valence-electron chi connectivity index (χ4n) is 3.30. The second kappa shape index (κ2) is 7.48. The number of rotatable bonds is 4. The van der Waals surface area contributed by atoms with Gasteiger partial charge in [0, 0.05) is 25.3 Å². The Morgan fingerprint density at radius 2 is 2.24 bits per heavy atom. The molecule has 2 N–H and O–H groups in total. The van der Waals surface area contributed by atoms with Crippen molar-refractivity contribution in [2.45, 2.75) is 26.3 Å². The Labute approximate surface area is 168 Å². The summed E-state index contributed by atoms with van der Waals surface area (Å²) in [6.45, 7) is 4.56. The summed E-state index contributed by atoms with van der Waals surface area (Å²) in [7, 11) is 0. The van der Waals surface area contributed by atoms with Crippen molar-refractivity contribution in [2.24, 2.45) is 5.73 Å². The van der Waals surface area contributed by atoms with Gasteiger partial charge < -0.3 is 15.4 Å². The number of halogens is 1. The first-order chi connectivity index (χ1) is 13.9. The minimum absolute atomic E-state index is 0.0341. The Bertz CT molecular complexity index is 1160. The number of esters is 1. The third-order valence-electron chi connectivity index (χ3n) is 4.65. The molecule has 1 aliphatic heterocycles. The molecular formula is C18H19FN6O3S. The Balaban J connectivity index is 1.98. The van der Waals surface area contributed by atoms with Crippen LogP contribution in [-0.2, 0) is 4.74 Å². The summed E-state index contributed by atoms with van der Waals surface area (Å²) in [6.07, 6.45) is 2.05. The van der Waals surface area contributed by atoms with Crippen molar-refractivity contribution in [3.8, 4) is 5.13 Å². The van der Waals surface area contributed by atoms with Crippen LogP contribution < -0.4 is 16.1 Å². The molecule has 1 atom stereocenters. The van der Waals surface area contributed by atoms with Crippen LogP contribution in [0.5, 0.6) is 0 Å². The van der Waals surface area contributed by atoms with Crippen LogP contribution in [0.2, 0.25) is 0 Å². The lowest BCUT2D eigenvalue weighted by Gasteiger charge is -2.19. The smallest absolute Gasteiger partial charge is 0.343 e. The van der Waals surface area contributed by atoms with Gasteiger partial charge in [0.05, 0.1) is 12.0 Å². The first-order valence-electron chi connectivity index (χ1n) is 9.13. The van der Waals surface area contributed by atoms with Gasteiger partial charge in [-0.1, -0.05) is 11.3 Å². The first-order valence-corrected chi connectivity index (χ1v) is 9.94. The molecule has 0 aromatic carbocycles. The van der Waals surface area contributed by atoms with Gasteiger partial charge in [0.1, 0.15) is 10.6 Å². The number of carbonyl (C=O) groups excluding carboxylic acids is 1. The lowest BCUT2D eigenvalue weighted by atomic mass is 10.2. The monoisotopic (exact) mass is 418 g/mol. The number of hydrogen-bond donors (Lipinski definition) is 1. The first kappa shape index (κ1) is 19.4. The van der Waals surface area contributed by atoms with Crippen molar-refractivity contribution < 1.29 is 13.9 Å². The van der Waals surface area contributed by atoms with E-state index in [2.05, 4.69) is 15.2 Å². The molecule has 0 amide bonds. The van der Waals surface area contributed by atoms with Gasteiger partial charge in [-0.3, -0.25) is 9.36 Å². The minimum Gasteiger partial charge on any atom is -0.462 e. The van der Waals surface area contributed by atoms with Crippen molar-refractivity contribution in [2.75, 3.05) is 24.6 Å². The fourth-order valence-corrected chi connectivity index (χ4v) is 3.96. The molecule has 4 heterocycles. The number of nitrogens with two attached hydrogens (primary N) is 1. The highest BCUT2D eigenvalue weighted by atomic mass is 32.1. The number of pyridine rings is 2. The van der Waals surface area contributed by atoms with Crippen molar-refractivity contribution in [3.63, 3.8) is 0 Å². The summed E-state index contributed by atoms with van der Waals surface area (Å²) >= 11 is 1.26. The molecule has 11 heteroatoms. The van der Waals surface area contributed by atoms with Crippen LogP contribution in [-0.4, -0.2) is 51.5 Å². The predicted molar refractivity (Wildman–Crippen MR) is 106 cm³/mol. The summed E-state index contributed by atoms with van der Waals surface area (Å²) in [5.41, 5.74) is 5.27. The van der Waals surface area contributed by atoms with Gasteiger partial charge in [0.25, 0.3) is 0 Å². The van der Waals surface area contributed by atoms with Crippen LogP contribution in [0.4, 0.5) is 10.2 Å². The second-order valence-corrected chi connectivity index (χ2v) is 7.89. The molecular weight excluding hydrogens is 399 g/mol. The summed E-state index contributed by atoms with van der Waals surface area (Å²) in [5.74, 6) is -1.32. The predicted octanol–water partition coefficient (Wildman–Crippen LogP) is 1.40. The third kappa shape index (κ3) is 3.47. The van der Waals surface area contributed by atoms with E-state index in [0.717, 1.165) is 12.5 Å². The maximum Gasteiger partial charge on any atom is 0.343 e. The molecule has 3 aromatic heterocycles. The zero-order valence-corrected chi connectivity index (χ0v) is 16.7. The topological polar surface area (TPSA) is 116 Å². The van der Waals surface area contributed by atoms with E-state index in [0.29, 0.717) is 23.2 Å². The molecule has 1 unspecified atom stereocenters. The third-order valence-corrected chi connectivity index (χ3v) is 5.49. The number of nitrogens with zero attached hydrogens (tertiary/aromatic N) is 5. The van der Waals surface area contributed by atoms with Crippen LogP contribution in [0.25, 0.3) is 16.2 Å². The Kier molecular flexibility index (Phi) is 5.01. The Morgan fingerprint density at radius 1 is 1.45 bits per heavy atom. The largest absolute Gasteiger partial charge is 0.462 e. The molecule has 152 valence electrons. The lowest BCUT2D eigenvalue weighted by Crippen LogP contribution is -2.28. The van der Waals surface area contributed by atoms with Crippen molar-refractivity contribution in [3.05, 3.63) is 38.9 Å². The molecule has 9 nitrogen and oxygen atoms in total. The van der Waals surface area contributed by atoms with Crippen LogP contribution >= 0.6 is 11.3 Å². The van der Waals surface area contributed by atoms with E-state index < -0.39 is 17.2 Å². The van der Waals surface area contributed by atoms with Gasteiger partial charge in [-0.05, 0) is 26.3 Å². The molecule has 0 bridgehead atoms. The molecule has 4 rings (SSSR count). The van der Waals surface area contributed by atoms with Gasteiger partial charge in [0.2, 0.25) is 10.6 Å². The number of carbonyl (C=O) groups is 1. The van der Waals surface area contributed by atoms with Gasteiger partial charge in [0.15, 0.2) is 17.3 Å². The number of fused-ring (bicyclic) bond motifs is 1. The summed E-state index contributed by atoms with van der Waals surface area (Å²) in [5, 5.41) is 9.13. The van der Waals surface area contributed by atoms with Crippen molar-refractivity contribution >= 4 is 34.2 Å². The van der Waals surface area contributed by atoms with Crippen molar-refractivity contribution in [1.82, 2.24) is 19.7 Å². The molecule has 0 aliphatic carbocycles. The lowest BCUT2D eigenvalue weighted by molar-refractivity contribution is 0.0524. The van der Waals surface area contributed by atoms with Gasteiger partial charge in [-0.15, -0.1) is 10.2 Å². The van der Waals surface area contributed by atoms with Gasteiger partial charge in [-0.25, -0.2) is 14.2 Å². The highest BCUT2D eigenvalue weighted by Gasteiger charge is 2.26. The van der Waals surface area contributed by atoms with Gasteiger partial charge >= 0.3 is 5.97 Å². The van der Waals surface area contributed by atoms with E-state index >= 15 is 0 Å². The highest BCUT2D eigenvalue weighted by molar-refractivity contribution is 7.13. The number of anilines is 1. The summed E-state index contributed by atoms with van der Waals surface area (Å²) in [6, 6.07) is 1.04. The van der Waals surface area contributed by atoms with Crippen LogP contribution in [0.3, 0.4) is 0 Å². The maximum atomic E-state index is 14.9. The van der Waals surface area contributed by atoms with Crippen LogP contribution in [0.15, 0.2) is 17.1 Å². The van der Waals surface area contributed by atoms with Crippen LogP contribution in [0.1, 0.15) is 28.7 Å². The van der Waals surface area contributed by atoms with E-state index in [1.54, 1.807) is 18.7 Å². The molecule has 29 heavy (non-hydrogen) atoms. The fraction of sp³-hybridized carbons (Fsp3) is 0.389. The molecule has 3 aromatic rings. The standard InChI is InChI=1S/C18H19FN6O3S/c1-3-28-17(27)12-8-25(18-23-22-9(2)29-18)15-11(14(12)26)6-13(19)16(21-15)24-5-4-10(20)7-24/h6,8,10H,3-5,7,20H2,1-2H3. The number of aromatic nitrogens is 4. The SMILES string of the molecule is CCOC(=O)c1cn(-c2nnc(C)s2)c2nc(N3CCC(N)C3)c(F)cc2c1=O. The quantitative estimate of drug-likeness (QED) is 0.632. The molecule has 0 radical (unpaired) electrons. The van der Waals surface area contributed by atoms with E-state index in [4.69, 9.17) is 10.5 Å². The van der Waals surface area contributed by atoms with E-state index in [-0.39, 0.29) is 35.1 Å². The minimum atomic E-state index is -0.788. The van der Waals surface area contributed by atoms with E-state index in [1.807, 2.05) is 0 Å². The molecule has 1 aliphatic rings.